The molecule has 0 aliphatic heterocycles. The average molecular weight is 387 g/mol. The van der Waals surface area contributed by atoms with Crippen molar-refractivity contribution in [1.29, 1.82) is 0 Å². The highest BCUT2D eigenvalue weighted by Gasteiger charge is 2.39. The Balaban J connectivity index is 1.93. The Bertz CT molecular complexity index is 975. The predicted octanol–water partition coefficient (Wildman–Crippen LogP) is 3.05. The number of nitrogens with zero attached hydrogens (tertiary/aromatic N) is 1. The van der Waals surface area contributed by atoms with Crippen molar-refractivity contribution < 1.29 is 22.7 Å². The summed E-state index contributed by atoms with van der Waals surface area (Å²) in [6.45, 7) is 3.97. The van der Waals surface area contributed by atoms with Gasteiger partial charge in [-0.15, -0.1) is 0 Å². The predicted molar refractivity (Wildman–Crippen MR) is 99.8 cm³/mol. The Morgan fingerprint density at radius 1 is 1.22 bits per heavy atom. The van der Waals surface area contributed by atoms with Crippen LogP contribution in [0.2, 0.25) is 0 Å². The lowest BCUT2D eigenvalue weighted by atomic mass is 9.83. The Kier molecular flexibility index (Phi) is 5.32. The molecule has 1 aliphatic rings. The van der Waals surface area contributed by atoms with Gasteiger partial charge in [0.15, 0.2) is 5.78 Å². The summed E-state index contributed by atoms with van der Waals surface area (Å²) in [7, 11) is -2.56. The molecule has 142 valence electrons. The minimum absolute atomic E-state index is 0.119. The fourth-order valence-electron chi connectivity index (χ4n) is 3.49. The van der Waals surface area contributed by atoms with Crippen LogP contribution in [-0.2, 0) is 19.6 Å². The Hall–Kier alpha value is -2.67. The van der Waals surface area contributed by atoms with Crippen LogP contribution in [0.15, 0.2) is 65.8 Å². The van der Waals surface area contributed by atoms with Crippen LogP contribution in [0.4, 0.5) is 0 Å². The Labute approximate surface area is 158 Å². The zero-order chi connectivity index (χ0) is 19.6. The molecule has 27 heavy (non-hydrogen) atoms. The lowest BCUT2D eigenvalue weighted by molar-refractivity contribution is -0.144. The first kappa shape index (κ1) is 19.1. The van der Waals surface area contributed by atoms with E-state index in [1.54, 1.807) is 18.2 Å². The number of hydrogen-bond donors (Lipinski definition) is 0. The summed E-state index contributed by atoms with van der Waals surface area (Å²) in [4.78, 5) is 25.4. The molecule has 1 aliphatic carbocycles. The van der Waals surface area contributed by atoms with Gasteiger partial charge in [0, 0.05) is 23.9 Å². The number of carbonyl (C=O) groups is 2. The van der Waals surface area contributed by atoms with Gasteiger partial charge in [0.25, 0.3) is 10.0 Å². The van der Waals surface area contributed by atoms with Gasteiger partial charge >= 0.3 is 5.97 Å². The van der Waals surface area contributed by atoms with Crippen molar-refractivity contribution >= 4 is 21.8 Å². The first-order valence-electron chi connectivity index (χ1n) is 8.64. The number of ketones is 1. The van der Waals surface area contributed by atoms with E-state index in [0.717, 1.165) is 22.4 Å². The molecule has 7 heteroatoms. The molecule has 2 aromatic rings. The summed E-state index contributed by atoms with van der Waals surface area (Å²) in [6, 6.07) is 9.35. The zero-order valence-electron chi connectivity index (χ0n) is 15.0. The van der Waals surface area contributed by atoms with E-state index in [1.807, 2.05) is 0 Å². The van der Waals surface area contributed by atoms with E-state index in [0.29, 0.717) is 6.42 Å². The number of Topliss-reactive ketones (excluding diaryl/α,β-unsaturated/α-hetero) is 1. The normalized spacial score (nSPS) is 18.3. The number of esters is 1. The molecular formula is C20H21NO5S. The topological polar surface area (TPSA) is 82.4 Å². The molecule has 6 nitrogen and oxygen atoms in total. The van der Waals surface area contributed by atoms with E-state index in [2.05, 4.69) is 6.58 Å². The van der Waals surface area contributed by atoms with E-state index < -0.39 is 27.7 Å². The van der Waals surface area contributed by atoms with Crippen molar-refractivity contribution in [3.8, 4) is 0 Å². The minimum Gasteiger partial charge on any atom is -0.468 e. The number of benzene rings is 1. The largest absolute Gasteiger partial charge is 0.468 e. The summed E-state index contributed by atoms with van der Waals surface area (Å²) in [5.74, 6) is -2.34. The molecule has 1 aromatic carbocycles. The third kappa shape index (κ3) is 3.60. The highest BCUT2D eigenvalue weighted by molar-refractivity contribution is 7.90. The van der Waals surface area contributed by atoms with E-state index in [1.165, 1.54) is 37.7 Å². The molecule has 0 saturated heterocycles. The van der Waals surface area contributed by atoms with Crippen molar-refractivity contribution in [3.05, 3.63) is 66.5 Å². The van der Waals surface area contributed by atoms with Crippen molar-refractivity contribution in [2.75, 3.05) is 7.11 Å². The van der Waals surface area contributed by atoms with E-state index in [4.69, 9.17) is 4.74 Å². The number of ether oxygens (including phenoxy) is 1. The first-order chi connectivity index (χ1) is 12.9. The molecule has 2 unspecified atom stereocenters. The quantitative estimate of drug-likeness (QED) is 0.329. The second kappa shape index (κ2) is 7.52. The molecule has 2 atom stereocenters. The summed E-state index contributed by atoms with van der Waals surface area (Å²) >= 11 is 0. The fourth-order valence-corrected chi connectivity index (χ4v) is 4.71. The van der Waals surface area contributed by atoms with Crippen LogP contribution in [0.5, 0.6) is 0 Å². The summed E-state index contributed by atoms with van der Waals surface area (Å²) in [5, 5.41) is 0. The van der Waals surface area contributed by atoms with E-state index in [9.17, 15) is 18.0 Å². The van der Waals surface area contributed by atoms with Gasteiger partial charge in [0.2, 0.25) is 0 Å². The molecule has 1 aromatic heterocycles. The van der Waals surface area contributed by atoms with Gasteiger partial charge in [-0.25, -0.2) is 12.4 Å². The van der Waals surface area contributed by atoms with Gasteiger partial charge in [-0.1, -0.05) is 30.4 Å². The molecule has 0 spiro atoms. The lowest BCUT2D eigenvalue weighted by Gasteiger charge is -2.20. The molecule has 3 rings (SSSR count). The molecule has 0 radical (unpaired) electrons. The number of aromatic nitrogens is 1. The van der Waals surface area contributed by atoms with Crippen molar-refractivity contribution in [1.82, 2.24) is 3.97 Å². The van der Waals surface area contributed by atoms with Crippen molar-refractivity contribution in [3.63, 3.8) is 0 Å². The summed E-state index contributed by atoms with van der Waals surface area (Å²) in [6.07, 6.45) is 4.89. The van der Waals surface area contributed by atoms with Crippen LogP contribution in [0.1, 0.15) is 29.6 Å². The number of rotatable bonds is 6. The fraction of sp³-hybridized carbons (Fsp3) is 0.300. The molecule has 1 fully saturated rings. The molecule has 0 N–H and O–H groups in total. The van der Waals surface area contributed by atoms with Crippen LogP contribution in [0.3, 0.4) is 0 Å². The number of carbonyl (C=O) groups excluding carboxylic acids is 2. The van der Waals surface area contributed by atoms with Crippen LogP contribution in [-0.4, -0.2) is 31.3 Å². The van der Waals surface area contributed by atoms with Gasteiger partial charge in [-0.05, 0) is 37.5 Å². The third-order valence-corrected chi connectivity index (χ3v) is 6.60. The van der Waals surface area contributed by atoms with Gasteiger partial charge in [0.05, 0.1) is 12.0 Å². The first-order valence-corrected chi connectivity index (χ1v) is 10.1. The maximum atomic E-state index is 13.0. The maximum absolute atomic E-state index is 13.0. The third-order valence-electron chi connectivity index (χ3n) is 4.95. The second-order valence-electron chi connectivity index (χ2n) is 6.57. The van der Waals surface area contributed by atoms with Gasteiger partial charge < -0.3 is 4.74 Å². The minimum atomic E-state index is -3.80. The standard InChI is InChI=1S/C20H21NO5S/c1-14-7-6-10-17(14)18(20(23)26-2)19(22)15-11-12-21(13-15)27(24,25)16-8-4-3-5-9-16/h3-5,8-9,11-13,17-18H,1,6-7,10H2,2H3. The Morgan fingerprint density at radius 2 is 1.93 bits per heavy atom. The van der Waals surface area contributed by atoms with Crippen molar-refractivity contribution in [2.24, 2.45) is 11.8 Å². The summed E-state index contributed by atoms with van der Waals surface area (Å²) in [5.41, 5.74) is 1.01. The molecular weight excluding hydrogens is 366 g/mol. The smallest absolute Gasteiger partial charge is 0.317 e. The maximum Gasteiger partial charge on any atom is 0.317 e. The highest BCUT2D eigenvalue weighted by Crippen LogP contribution is 2.37. The van der Waals surface area contributed by atoms with Gasteiger partial charge in [0.1, 0.15) is 5.92 Å². The molecule has 0 bridgehead atoms. The molecule has 0 amide bonds. The molecule has 1 saturated carbocycles. The van der Waals surface area contributed by atoms with Crippen LogP contribution in [0, 0.1) is 11.8 Å². The average Bonchev–Trinajstić information content (AvgIpc) is 3.32. The van der Waals surface area contributed by atoms with E-state index in [-0.39, 0.29) is 16.4 Å². The second-order valence-corrected chi connectivity index (χ2v) is 8.41. The monoisotopic (exact) mass is 387 g/mol. The SMILES string of the molecule is C=C1CCCC1C(C(=O)OC)C(=O)c1ccn(S(=O)(=O)c2ccccc2)c1. The lowest BCUT2D eigenvalue weighted by Crippen LogP contribution is -2.32. The van der Waals surface area contributed by atoms with Crippen LogP contribution >= 0.6 is 0 Å². The van der Waals surface area contributed by atoms with Crippen LogP contribution < -0.4 is 0 Å². The highest BCUT2D eigenvalue weighted by atomic mass is 32.2. The van der Waals surface area contributed by atoms with E-state index >= 15 is 0 Å². The van der Waals surface area contributed by atoms with Crippen molar-refractivity contribution in [2.45, 2.75) is 24.2 Å². The number of allylic oxidation sites excluding steroid dienone is 1. The number of hydrogen-bond acceptors (Lipinski definition) is 5. The Morgan fingerprint density at radius 3 is 2.52 bits per heavy atom. The van der Waals surface area contributed by atoms with Gasteiger partial charge in [-0.3, -0.25) is 9.59 Å². The zero-order valence-corrected chi connectivity index (χ0v) is 15.8. The van der Waals surface area contributed by atoms with Crippen LogP contribution in [0.25, 0.3) is 0 Å². The summed E-state index contributed by atoms with van der Waals surface area (Å²) < 4.78 is 31.2. The number of methoxy groups -OCH3 is 1. The molecule has 1 heterocycles. The van der Waals surface area contributed by atoms with Gasteiger partial charge in [-0.2, -0.15) is 0 Å².